The fourth-order valence-corrected chi connectivity index (χ4v) is 2.07. The Labute approximate surface area is 121 Å². The second-order valence-corrected chi connectivity index (χ2v) is 4.45. The molecule has 2 heterocycles. The number of esters is 1. The van der Waals surface area contributed by atoms with Gasteiger partial charge in [-0.3, -0.25) is 0 Å². The number of carbonyl (C=O) groups is 1. The minimum absolute atomic E-state index is 0.316. The Hall–Kier alpha value is -2.70. The molecule has 0 radical (unpaired) electrons. The molecule has 0 fully saturated rings. The van der Waals surface area contributed by atoms with Gasteiger partial charge in [0, 0.05) is 18.3 Å². The van der Waals surface area contributed by atoms with E-state index in [4.69, 9.17) is 19.9 Å². The summed E-state index contributed by atoms with van der Waals surface area (Å²) in [4.78, 5) is 11.7. The average molecular weight is 289 g/mol. The molecule has 21 heavy (non-hydrogen) atoms. The summed E-state index contributed by atoms with van der Waals surface area (Å²) >= 11 is 0. The van der Waals surface area contributed by atoms with Crippen molar-refractivity contribution >= 4 is 11.7 Å². The molecule has 0 atom stereocenters. The molecule has 2 N–H and O–H groups in total. The number of carbonyl (C=O) groups excluding carboxylic acids is 1. The number of benzene rings is 1. The van der Waals surface area contributed by atoms with Crippen LogP contribution in [0, 0.1) is 0 Å². The number of rotatable bonds is 3. The number of aromatic nitrogens is 2. The second-order valence-electron chi connectivity index (χ2n) is 4.45. The highest BCUT2D eigenvalue weighted by Crippen LogP contribution is 2.35. The van der Waals surface area contributed by atoms with E-state index in [9.17, 15) is 4.79 Å². The van der Waals surface area contributed by atoms with Crippen molar-refractivity contribution < 1.29 is 19.0 Å². The van der Waals surface area contributed by atoms with E-state index in [0.29, 0.717) is 48.3 Å². The Kier molecular flexibility index (Phi) is 3.39. The number of nitrogen functional groups attached to an aromatic ring is 1. The van der Waals surface area contributed by atoms with Gasteiger partial charge in [0.2, 0.25) is 0 Å². The maximum absolute atomic E-state index is 11.7. The molecule has 3 rings (SSSR count). The zero-order chi connectivity index (χ0) is 14.8. The van der Waals surface area contributed by atoms with Gasteiger partial charge in [-0.05, 0) is 6.92 Å². The zero-order valence-corrected chi connectivity index (χ0v) is 11.5. The van der Waals surface area contributed by atoms with Crippen LogP contribution in [0.4, 0.5) is 5.69 Å². The van der Waals surface area contributed by atoms with Gasteiger partial charge in [-0.25, -0.2) is 9.48 Å². The minimum atomic E-state index is -0.417. The third-order valence-corrected chi connectivity index (χ3v) is 3.03. The van der Waals surface area contributed by atoms with Crippen LogP contribution in [0.3, 0.4) is 0 Å². The van der Waals surface area contributed by atoms with Gasteiger partial charge < -0.3 is 19.9 Å². The van der Waals surface area contributed by atoms with Gasteiger partial charge >= 0.3 is 5.97 Å². The van der Waals surface area contributed by atoms with E-state index in [-0.39, 0.29) is 0 Å². The van der Waals surface area contributed by atoms with Crippen molar-refractivity contribution in [3.05, 3.63) is 30.1 Å². The normalized spacial score (nSPS) is 13.0. The van der Waals surface area contributed by atoms with Crippen molar-refractivity contribution in [2.75, 3.05) is 25.6 Å². The number of hydrogen-bond acceptors (Lipinski definition) is 6. The molecule has 0 aliphatic carbocycles. The summed E-state index contributed by atoms with van der Waals surface area (Å²) in [6, 6.07) is 3.43. The molecule has 0 spiro atoms. The van der Waals surface area contributed by atoms with Crippen molar-refractivity contribution in [3.63, 3.8) is 0 Å². The molecule has 0 bridgehead atoms. The smallest absolute Gasteiger partial charge is 0.341 e. The fraction of sp³-hybridized carbons (Fsp3) is 0.286. The van der Waals surface area contributed by atoms with E-state index in [0.717, 1.165) is 0 Å². The molecule has 0 unspecified atom stereocenters. The Balaban J connectivity index is 1.95. The quantitative estimate of drug-likeness (QED) is 0.678. The molecule has 1 aliphatic heterocycles. The summed E-state index contributed by atoms with van der Waals surface area (Å²) in [5.41, 5.74) is 7.48. The molecule has 1 aromatic carbocycles. The maximum Gasteiger partial charge on any atom is 0.341 e. The van der Waals surface area contributed by atoms with Crippen LogP contribution >= 0.6 is 0 Å². The molecular formula is C14H15N3O4. The summed E-state index contributed by atoms with van der Waals surface area (Å²) in [5.74, 6) is 0.804. The fourth-order valence-electron chi connectivity index (χ4n) is 2.07. The van der Waals surface area contributed by atoms with Crippen molar-refractivity contribution in [1.29, 1.82) is 0 Å². The first-order chi connectivity index (χ1) is 10.2. The van der Waals surface area contributed by atoms with Crippen molar-refractivity contribution in [2.45, 2.75) is 6.92 Å². The van der Waals surface area contributed by atoms with Gasteiger partial charge in [0.15, 0.2) is 11.5 Å². The van der Waals surface area contributed by atoms with Crippen LogP contribution in [0.1, 0.15) is 17.3 Å². The standard InChI is InChI=1S/C14H15N3O4/c1-2-19-14(18)9-7-16-17(8-9)11-6-13-12(5-10(11)15)20-3-4-21-13/h5-8H,2-4,15H2,1H3. The Bertz CT molecular complexity index is 681. The highest BCUT2D eigenvalue weighted by molar-refractivity contribution is 5.89. The van der Waals surface area contributed by atoms with Crippen LogP contribution in [0.5, 0.6) is 11.5 Å². The van der Waals surface area contributed by atoms with Gasteiger partial charge in [-0.1, -0.05) is 0 Å². The van der Waals surface area contributed by atoms with Gasteiger partial charge in [-0.15, -0.1) is 0 Å². The molecule has 0 saturated heterocycles. The van der Waals surface area contributed by atoms with Crippen LogP contribution in [0.15, 0.2) is 24.5 Å². The van der Waals surface area contributed by atoms with Crippen molar-refractivity contribution in [2.24, 2.45) is 0 Å². The van der Waals surface area contributed by atoms with E-state index >= 15 is 0 Å². The van der Waals surface area contributed by atoms with Gasteiger partial charge in [0.25, 0.3) is 0 Å². The minimum Gasteiger partial charge on any atom is -0.486 e. The number of nitrogens with zero attached hydrogens (tertiary/aromatic N) is 2. The van der Waals surface area contributed by atoms with Crippen molar-refractivity contribution in [1.82, 2.24) is 9.78 Å². The predicted molar refractivity (Wildman–Crippen MR) is 74.9 cm³/mol. The van der Waals surface area contributed by atoms with Crippen LogP contribution in [-0.4, -0.2) is 35.6 Å². The summed E-state index contributed by atoms with van der Waals surface area (Å²) in [6.07, 6.45) is 3.01. The highest BCUT2D eigenvalue weighted by Gasteiger charge is 2.17. The van der Waals surface area contributed by atoms with Gasteiger partial charge in [-0.2, -0.15) is 5.10 Å². The third kappa shape index (κ3) is 2.49. The number of anilines is 1. The lowest BCUT2D eigenvalue weighted by Gasteiger charge is -2.20. The third-order valence-electron chi connectivity index (χ3n) is 3.03. The lowest BCUT2D eigenvalue weighted by Crippen LogP contribution is -2.16. The lowest BCUT2D eigenvalue weighted by atomic mass is 10.2. The summed E-state index contributed by atoms with van der Waals surface area (Å²) in [6.45, 7) is 3.06. The topological polar surface area (TPSA) is 88.6 Å². The van der Waals surface area contributed by atoms with Crippen LogP contribution in [-0.2, 0) is 4.74 Å². The SMILES string of the molecule is CCOC(=O)c1cnn(-c2cc3c(cc2N)OCCO3)c1. The molecule has 2 aromatic rings. The van der Waals surface area contributed by atoms with E-state index < -0.39 is 5.97 Å². The van der Waals surface area contributed by atoms with E-state index in [1.54, 1.807) is 25.3 Å². The summed E-state index contributed by atoms with van der Waals surface area (Å²) in [7, 11) is 0. The molecule has 1 aromatic heterocycles. The van der Waals surface area contributed by atoms with Crippen LogP contribution < -0.4 is 15.2 Å². The maximum atomic E-state index is 11.7. The van der Waals surface area contributed by atoms with Crippen LogP contribution in [0.25, 0.3) is 5.69 Å². The molecule has 7 nitrogen and oxygen atoms in total. The summed E-state index contributed by atoms with van der Waals surface area (Å²) < 4.78 is 17.4. The number of fused-ring (bicyclic) bond motifs is 1. The molecule has 110 valence electrons. The Morgan fingerprint density at radius 3 is 2.81 bits per heavy atom. The van der Waals surface area contributed by atoms with E-state index in [1.165, 1.54) is 10.9 Å². The monoisotopic (exact) mass is 289 g/mol. The average Bonchev–Trinajstić information content (AvgIpc) is 2.96. The number of nitrogens with two attached hydrogens (primary N) is 1. The van der Waals surface area contributed by atoms with Gasteiger partial charge in [0.1, 0.15) is 13.2 Å². The Morgan fingerprint density at radius 1 is 1.38 bits per heavy atom. The highest BCUT2D eigenvalue weighted by atomic mass is 16.6. The number of ether oxygens (including phenoxy) is 3. The van der Waals surface area contributed by atoms with Crippen LogP contribution in [0.2, 0.25) is 0 Å². The largest absolute Gasteiger partial charge is 0.486 e. The van der Waals surface area contributed by atoms with Gasteiger partial charge in [0.05, 0.1) is 29.7 Å². The summed E-state index contributed by atoms with van der Waals surface area (Å²) in [5, 5.41) is 4.14. The molecule has 7 heteroatoms. The zero-order valence-electron chi connectivity index (χ0n) is 11.5. The number of hydrogen-bond donors (Lipinski definition) is 1. The first kappa shape index (κ1) is 13.3. The van der Waals surface area contributed by atoms with E-state index in [1.807, 2.05) is 0 Å². The molecule has 0 saturated carbocycles. The second kappa shape index (κ2) is 5.35. The first-order valence-corrected chi connectivity index (χ1v) is 6.60. The predicted octanol–water partition coefficient (Wildman–Crippen LogP) is 1.40. The Morgan fingerprint density at radius 2 is 2.10 bits per heavy atom. The molecule has 0 amide bonds. The van der Waals surface area contributed by atoms with Crippen molar-refractivity contribution in [3.8, 4) is 17.2 Å². The molecular weight excluding hydrogens is 274 g/mol. The first-order valence-electron chi connectivity index (χ1n) is 6.60. The van der Waals surface area contributed by atoms with E-state index in [2.05, 4.69) is 5.10 Å². The molecule has 1 aliphatic rings. The lowest BCUT2D eigenvalue weighted by molar-refractivity contribution is 0.0526.